The van der Waals surface area contributed by atoms with Crippen molar-refractivity contribution >= 4 is 0 Å². The lowest BCUT2D eigenvalue weighted by Crippen LogP contribution is -2.34. The van der Waals surface area contributed by atoms with Crippen molar-refractivity contribution < 1.29 is 10.2 Å². The second-order valence-electron chi connectivity index (χ2n) is 4.69. The number of rotatable bonds is 7. The zero-order chi connectivity index (χ0) is 14.2. The first-order chi connectivity index (χ1) is 9.74. The summed E-state index contributed by atoms with van der Waals surface area (Å²) in [4.78, 5) is 0. The predicted octanol–water partition coefficient (Wildman–Crippen LogP) is 1.98. The highest BCUT2D eigenvalue weighted by Gasteiger charge is 1.95. The maximum Gasteiger partial charge on any atom is 0.115 e. The van der Waals surface area contributed by atoms with E-state index in [1.54, 1.807) is 24.3 Å². The lowest BCUT2D eigenvalue weighted by molar-refractivity contribution is 0.474. The largest absolute Gasteiger partial charge is 0.508 e. The highest BCUT2D eigenvalue weighted by atomic mass is 16.3. The Morgan fingerprint density at radius 2 is 0.950 bits per heavy atom. The van der Waals surface area contributed by atoms with Crippen LogP contribution in [0.2, 0.25) is 0 Å². The molecule has 20 heavy (non-hydrogen) atoms. The molecule has 0 unspecified atom stereocenters. The number of aromatic hydroxyl groups is 2. The first-order valence-corrected chi connectivity index (χ1v) is 6.75. The van der Waals surface area contributed by atoms with Crippen molar-refractivity contribution in [1.29, 1.82) is 0 Å². The van der Waals surface area contributed by atoms with Gasteiger partial charge in [-0.2, -0.15) is 0 Å². The molecule has 4 heteroatoms. The Bertz CT molecular complexity index is 460. The van der Waals surface area contributed by atoms with Gasteiger partial charge < -0.3 is 10.2 Å². The molecular weight excluding hydrogens is 252 g/mol. The minimum atomic E-state index is 0.300. The summed E-state index contributed by atoms with van der Waals surface area (Å²) in [5, 5.41) is 18.4. The third-order valence-electron chi connectivity index (χ3n) is 3.08. The molecule has 0 saturated heterocycles. The maximum atomic E-state index is 9.18. The zero-order valence-corrected chi connectivity index (χ0v) is 11.3. The average Bonchev–Trinajstić information content (AvgIpc) is 2.46. The summed E-state index contributed by atoms with van der Waals surface area (Å²) in [5.41, 5.74) is 8.72. The van der Waals surface area contributed by atoms with Crippen LogP contribution in [0.4, 0.5) is 0 Å². The lowest BCUT2D eigenvalue weighted by Gasteiger charge is -2.07. The summed E-state index contributed by atoms with van der Waals surface area (Å²) in [5.74, 6) is 0.600. The van der Waals surface area contributed by atoms with Gasteiger partial charge >= 0.3 is 0 Å². The average molecular weight is 272 g/mol. The third kappa shape index (κ3) is 4.91. The van der Waals surface area contributed by atoms with Crippen molar-refractivity contribution in [3.8, 4) is 11.5 Å². The standard InChI is InChI=1S/C16H20N2O2/c19-15-5-1-13(2-6-15)9-11-17-18-12-10-14-3-7-16(20)8-4-14/h1-8,17-20H,9-12H2. The third-order valence-corrected chi connectivity index (χ3v) is 3.08. The van der Waals surface area contributed by atoms with Crippen LogP contribution < -0.4 is 10.9 Å². The van der Waals surface area contributed by atoms with Crippen LogP contribution in [-0.2, 0) is 12.8 Å². The number of hydrogen-bond acceptors (Lipinski definition) is 4. The smallest absolute Gasteiger partial charge is 0.115 e. The van der Waals surface area contributed by atoms with Crippen molar-refractivity contribution in [1.82, 2.24) is 10.9 Å². The summed E-state index contributed by atoms with van der Waals surface area (Å²) in [7, 11) is 0. The second kappa shape index (κ2) is 7.53. The van der Waals surface area contributed by atoms with E-state index < -0.39 is 0 Å². The molecule has 0 aliphatic carbocycles. The fourth-order valence-corrected chi connectivity index (χ4v) is 1.92. The van der Waals surface area contributed by atoms with E-state index in [0.717, 1.165) is 25.9 Å². The Labute approximate surface area is 119 Å². The molecule has 0 aliphatic heterocycles. The van der Waals surface area contributed by atoms with Crippen LogP contribution in [0.3, 0.4) is 0 Å². The first-order valence-electron chi connectivity index (χ1n) is 6.75. The molecule has 4 N–H and O–H groups in total. The van der Waals surface area contributed by atoms with Gasteiger partial charge in [0.05, 0.1) is 0 Å². The number of phenolic OH excluding ortho intramolecular Hbond substituents is 2. The molecule has 106 valence electrons. The molecule has 2 aromatic carbocycles. The number of hydrazine groups is 1. The van der Waals surface area contributed by atoms with Crippen molar-refractivity contribution in [3.63, 3.8) is 0 Å². The molecule has 0 spiro atoms. The number of benzene rings is 2. The Morgan fingerprint density at radius 3 is 1.30 bits per heavy atom. The van der Waals surface area contributed by atoms with Crippen molar-refractivity contribution in [2.24, 2.45) is 0 Å². The summed E-state index contributed by atoms with van der Waals surface area (Å²) in [6.07, 6.45) is 1.82. The lowest BCUT2D eigenvalue weighted by atomic mass is 10.1. The molecule has 0 fully saturated rings. The van der Waals surface area contributed by atoms with Crippen LogP contribution >= 0.6 is 0 Å². The van der Waals surface area contributed by atoms with E-state index in [9.17, 15) is 10.2 Å². The molecule has 2 aromatic rings. The fraction of sp³-hybridized carbons (Fsp3) is 0.250. The van der Waals surface area contributed by atoms with Gasteiger partial charge in [0.1, 0.15) is 11.5 Å². The van der Waals surface area contributed by atoms with Gasteiger partial charge in [-0.25, -0.2) is 0 Å². The summed E-state index contributed by atoms with van der Waals surface area (Å²) < 4.78 is 0. The van der Waals surface area contributed by atoms with E-state index in [2.05, 4.69) is 10.9 Å². The van der Waals surface area contributed by atoms with E-state index in [4.69, 9.17) is 0 Å². The van der Waals surface area contributed by atoms with Gasteiger partial charge in [-0.1, -0.05) is 24.3 Å². The van der Waals surface area contributed by atoms with Crippen LogP contribution in [0.15, 0.2) is 48.5 Å². The Kier molecular flexibility index (Phi) is 5.41. The second-order valence-corrected chi connectivity index (χ2v) is 4.69. The number of phenols is 2. The van der Waals surface area contributed by atoms with E-state index in [1.807, 2.05) is 24.3 Å². The number of hydrogen-bond donors (Lipinski definition) is 4. The highest BCUT2D eigenvalue weighted by molar-refractivity contribution is 5.26. The van der Waals surface area contributed by atoms with E-state index in [-0.39, 0.29) is 0 Å². The first kappa shape index (κ1) is 14.4. The summed E-state index contributed by atoms with van der Waals surface area (Å²) in [6.45, 7) is 1.67. The Balaban J connectivity index is 1.57. The molecule has 0 atom stereocenters. The molecular formula is C16H20N2O2. The quantitative estimate of drug-likeness (QED) is 0.460. The molecule has 0 heterocycles. The molecule has 0 amide bonds. The molecule has 0 radical (unpaired) electrons. The van der Waals surface area contributed by atoms with Gasteiger partial charge in [-0.3, -0.25) is 10.9 Å². The normalized spacial score (nSPS) is 10.6. The van der Waals surface area contributed by atoms with Crippen molar-refractivity contribution in [2.45, 2.75) is 12.8 Å². The predicted molar refractivity (Wildman–Crippen MR) is 79.6 cm³/mol. The molecule has 0 aliphatic rings. The van der Waals surface area contributed by atoms with Crippen LogP contribution in [-0.4, -0.2) is 23.3 Å². The topological polar surface area (TPSA) is 64.5 Å². The van der Waals surface area contributed by atoms with E-state index in [1.165, 1.54) is 11.1 Å². The van der Waals surface area contributed by atoms with Gasteiger partial charge in [0.15, 0.2) is 0 Å². The van der Waals surface area contributed by atoms with Gasteiger partial charge in [0.25, 0.3) is 0 Å². The van der Waals surface area contributed by atoms with Crippen LogP contribution in [0.25, 0.3) is 0 Å². The Morgan fingerprint density at radius 1 is 0.600 bits per heavy atom. The monoisotopic (exact) mass is 272 g/mol. The van der Waals surface area contributed by atoms with Crippen molar-refractivity contribution in [2.75, 3.05) is 13.1 Å². The molecule has 2 rings (SSSR count). The number of nitrogens with one attached hydrogen (secondary N) is 2. The van der Waals surface area contributed by atoms with Gasteiger partial charge in [-0.05, 0) is 48.2 Å². The van der Waals surface area contributed by atoms with Crippen LogP contribution in [0.5, 0.6) is 11.5 Å². The zero-order valence-electron chi connectivity index (χ0n) is 11.3. The molecule has 0 aromatic heterocycles. The fourth-order valence-electron chi connectivity index (χ4n) is 1.92. The molecule has 0 saturated carbocycles. The minimum absolute atomic E-state index is 0.300. The van der Waals surface area contributed by atoms with Crippen LogP contribution in [0, 0.1) is 0 Å². The maximum absolute atomic E-state index is 9.18. The molecule has 4 nitrogen and oxygen atoms in total. The van der Waals surface area contributed by atoms with Gasteiger partial charge in [0.2, 0.25) is 0 Å². The molecule has 0 bridgehead atoms. The highest BCUT2D eigenvalue weighted by Crippen LogP contribution is 2.10. The van der Waals surface area contributed by atoms with Crippen molar-refractivity contribution in [3.05, 3.63) is 59.7 Å². The SMILES string of the molecule is Oc1ccc(CCNNCCc2ccc(O)cc2)cc1. The Hall–Kier alpha value is -2.04. The van der Waals surface area contributed by atoms with Gasteiger partial charge in [0, 0.05) is 13.1 Å². The van der Waals surface area contributed by atoms with E-state index >= 15 is 0 Å². The summed E-state index contributed by atoms with van der Waals surface area (Å²) in [6, 6.07) is 14.5. The van der Waals surface area contributed by atoms with E-state index in [0.29, 0.717) is 11.5 Å². The van der Waals surface area contributed by atoms with Gasteiger partial charge in [-0.15, -0.1) is 0 Å². The summed E-state index contributed by atoms with van der Waals surface area (Å²) >= 11 is 0. The minimum Gasteiger partial charge on any atom is -0.508 e. The van der Waals surface area contributed by atoms with Crippen LogP contribution in [0.1, 0.15) is 11.1 Å².